The van der Waals surface area contributed by atoms with Crippen LogP contribution in [0, 0.1) is 0 Å². The summed E-state index contributed by atoms with van der Waals surface area (Å²) in [6, 6.07) is 18.6. The molecule has 0 radical (unpaired) electrons. The van der Waals surface area contributed by atoms with Gasteiger partial charge in [-0.25, -0.2) is 9.97 Å². The fraction of sp³-hybridized carbons (Fsp3) is 0.0500. The summed E-state index contributed by atoms with van der Waals surface area (Å²) in [5, 5.41) is 5.85. The standard InChI is InChI=1S/C20H18N4O2/c1-2-12-21-20(25)17-13-19(23-14-22-17)24-16-10-6-7-11-18(16)26-15-8-4-3-5-9-15/h2-11,13-14H,1,12H2,(H,21,25)(H,22,23,24). The van der Waals surface area contributed by atoms with Crippen molar-refractivity contribution in [2.45, 2.75) is 0 Å². The molecule has 0 atom stereocenters. The zero-order valence-corrected chi connectivity index (χ0v) is 14.1. The summed E-state index contributed by atoms with van der Waals surface area (Å²) in [5.41, 5.74) is 0.998. The molecule has 0 aliphatic rings. The van der Waals surface area contributed by atoms with E-state index in [1.807, 2.05) is 54.6 Å². The molecular formula is C20H18N4O2. The highest BCUT2D eigenvalue weighted by atomic mass is 16.5. The van der Waals surface area contributed by atoms with Crippen LogP contribution in [0.15, 0.2) is 79.6 Å². The second-order valence-electron chi connectivity index (χ2n) is 5.32. The molecule has 0 aliphatic carbocycles. The number of hydrogen-bond donors (Lipinski definition) is 2. The van der Waals surface area contributed by atoms with E-state index < -0.39 is 0 Å². The quantitative estimate of drug-likeness (QED) is 0.634. The maximum absolute atomic E-state index is 12.0. The van der Waals surface area contributed by atoms with Crippen LogP contribution in [0.25, 0.3) is 0 Å². The van der Waals surface area contributed by atoms with Gasteiger partial charge in [-0.05, 0) is 24.3 Å². The second-order valence-corrected chi connectivity index (χ2v) is 5.32. The van der Waals surface area contributed by atoms with Gasteiger partial charge in [0.25, 0.3) is 5.91 Å². The van der Waals surface area contributed by atoms with Crippen molar-refractivity contribution in [3.05, 3.63) is 85.3 Å². The van der Waals surface area contributed by atoms with Gasteiger partial charge < -0.3 is 15.4 Å². The Kier molecular flexibility index (Phi) is 5.57. The van der Waals surface area contributed by atoms with E-state index in [0.717, 1.165) is 11.4 Å². The van der Waals surface area contributed by atoms with Crippen LogP contribution in [-0.2, 0) is 0 Å². The normalized spacial score (nSPS) is 10.0. The van der Waals surface area contributed by atoms with E-state index in [1.165, 1.54) is 6.33 Å². The van der Waals surface area contributed by atoms with Crippen molar-refractivity contribution in [3.8, 4) is 11.5 Å². The Balaban J connectivity index is 1.79. The zero-order chi connectivity index (χ0) is 18.2. The number of carbonyl (C=O) groups is 1. The molecule has 130 valence electrons. The molecule has 1 aromatic heterocycles. The maximum Gasteiger partial charge on any atom is 0.270 e. The number of nitrogens with zero attached hydrogens (tertiary/aromatic N) is 2. The molecule has 0 unspecified atom stereocenters. The smallest absolute Gasteiger partial charge is 0.270 e. The Morgan fingerprint density at radius 1 is 1.08 bits per heavy atom. The largest absolute Gasteiger partial charge is 0.455 e. The molecule has 1 amide bonds. The van der Waals surface area contributed by atoms with Crippen LogP contribution < -0.4 is 15.4 Å². The Morgan fingerprint density at radius 3 is 2.65 bits per heavy atom. The summed E-state index contributed by atoms with van der Waals surface area (Å²) in [4.78, 5) is 20.2. The Bertz CT molecular complexity index is 897. The third-order valence-electron chi connectivity index (χ3n) is 3.43. The predicted octanol–water partition coefficient (Wildman–Crippen LogP) is 3.93. The summed E-state index contributed by atoms with van der Waals surface area (Å²) >= 11 is 0. The molecule has 3 aromatic rings. The van der Waals surface area contributed by atoms with Crippen molar-refractivity contribution in [2.75, 3.05) is 11.9 Å². The van der Waals surface area contributed by atoms with Crippen molar-refractivity contribution in [1.82, 2.24) is 15.3 Å². The Labute approximate surface area is 151 Å². The van der Waals surface area contributed by atoms with Crippen molar-refractivity contribution in [3.63, 3.8) is 0 Å². The van der Waals surface area contributed by atoms with E-state index in [1.54, 1.807) is 12.1 Å². The number of amides is 1. The minimum Gasteiger partial charge on any atom is -0.455 e. The van der Waals surface area contributed by atoms with Crippen LogP contribution in [0.1, 0.15) is 10.5 Å². The lowest BCUT2D eigenvalue weighted by Gasteiger charge is -2.12. The molecule has 0 spiro atoms. The lowest BCUT2D eigenvalue weighted by molar-refractivity contribution is 0.0953. The Morgan fingerprint density at radius 2 is 1.85 bits per heavy atom. The number of ether oxygens (including phenoxy) is 1. The third kappa shape index (κ3) is 4.45. The topological polar surface area (TPSA) is 76.1 Å². The van der Waals surface area contributed by atoms with Gasteiger partial charge in [0.15, 0.2) is 5.75 Å². The molecule has 26 heavy (non-hydrogen) atoms. The molecule has 6 heteroatoms. The van der Waals surface area contributed by atoms with E-state index in [4.69, 9.17) is 4.74 Å². The van der Waals surface area contributed by atoms with Crippen LogP contribution in [-0.4, -0.2) is 22.4 Å². The van der Waals surface area contributed by atoms with Gasteiger partial charge in [-0.2, -0.15) is 0 Å². The van der Waals surface area contributed by atoms with Crippen molar-refractivity contribution in [1.29, 1.82) is 0 Å². The lowest BCUT2D eigenvalue weighted by Crippen LogP contribution is -2.24. The van der Waals surface area contributed by atoms with E-state index in [9.17, 15) is 4.79 Å². The molecule has 2 aromatic carbocycles. The number of benzene rings is 2. The molecule has 0 aliphatic heterocycles. The number of carbonyl (C=O) groups excluding carboxylic acids is 1. The van der Waals surface area contributed by atoms with Gasteiger partial charge in [-0.3, -0.25) is 4.79 Å². The van der Waals surface area contributed by atoms with Crippen LogP contribution in [0.2, 0.25) is 0 Å². The van der Waals surface area contributed by atoms with Crippen LogP contribution in [0.5, 0.6) is 11.5 Å². The predicted molar refractivity (Wildman–Crippen MR) is 101 cm³/mol. The first-order valence-corrected chi connectivity index (χ1v) is 8.06. The lowest BCUT2D eigenvalue weighted by atomic mass is 10.2. The Hall–Kier alpha value is -3.67. The van der Waals surface area contributed by atoms with Crippen LogP contribution in [0.3, 0.4) is 0 Å². The molecule has 1 heterocycles. The maximum atomic E-state index is 12.0. The fourth-order valence-corrected chi connectivity index (χ4v) is 2.22. The van der Waals surface area contributed by atoms with Gasteiger partial charge in [0.1, 0.15) is 23.6 Å². The monoisotopic (exact) mass is 346 g/mol. The van der Waals surface area contributed by atoms with E-state index in [-0.39, 0.29) is 11.6 Å². The first kappa shape index (κ1) is 17.2. The molecule has 2 N–H and O–H groups in total. The molecule has 3 rings (SSSR count). The molecule has 0 bridgehead atoms. The number of aromatic nitrogens is 2. The van der Waals surface area contributed by atoms with Gasteiger partial charge in [0.2, 0.25) is 0 Å². The first-order valence-electron chi connectivity index (χ1n) is 8.06. The highest BCUT2D eigenvalue weighted by Gasteiger charge is 2.10. The summed E-state index contributed by atoms with van der Waals surface area (Å²) in [6.07, 6.45) is 2.95. The minimum atomic E-state index is -0.288. The molecule has 6 nitrogen and oxygen atoms in total. The molecule has 0 fully saturated rings. The summed E-state index contributed by atoms with van der Waals surface area (Å²) in [7, 11) is 0. The number of nitrogens with one attached hydrogen (secondary N) is 2. The van der Waals surface area contributed by atoms with Gasteiger partial charge in [-0.1, -0.05) is 36.4 Å². The highest BCUT2D eigenvalue weighted by Crippen LogP contribution is 2.30. The van der Waals surface area contributed by atoms with E-state index in [0.29, 0.717) is 18.1 Å². The second kappa shape index (κ2) is 8.43. The van der Waals surface area contributed by atoms with Crippen molar-refractivity contribution in [2.24, 2.45) is 0 Å². The molecule has 0 saturated carbocycles. The SMILES string of the molecule is C=CCNC(=O)c1cc(Nc2ccccc2Oc2ccccc2)ncn1. The third-order valence-corrected chi connectivity index (χ3v) is 3.43. The summed E-state index contributed by atoms with van der Waals surface area (Å²) < 4.78 is 5.92. The fourth-order valence-electron chi connectivity index (χ4n) is 2.22. The van der Waals surface area contributed by atoms with E-state index in [2.05, 4.69) is 27.2 Å². The molecule has 0 saturated heterocycles. The van der Waals surface area contributed by atoms with Crippen molar-refractivity contribution >= 4 is 17.4 Å². The van der Waals surface area contributed by atoms with Gasteiger partial charge in [0.05, 0.1) is 5.69 Å². The van der Waals surface area contributed by atoms with Crippen LogP contribution >= 0.6 is 0 Å². The molecular weight excluding hydrogens is 328 g/mol. The van der Waals surface area contributed by atoms with Crippen molar-refractivity contribution < 1.29 is 9.53 Å². The number of anilines is 2. The van der Waals surface area contributed by atoms with Crippen LogP contribution in [0.4, 0.5) is 11.5 Å². The average Bonchev–Trinajstić information content (AvgIpc) is 2.69. The number of hydrogen-bond acceptors (Lipinski definition) is 5. The minimum absolute atomic E-state index is 0.269. The zero-order valence-electron chi connectivity index (χ0n) is 14.1. The number of para-hydroxylation sites is 3. The first-order chi connectivity index (χ1) is 12.8. The summed E-state index contributed by atoms with van der Waals surface area (Å²) in [6.45, 7) is 3.94. The average molecular weight is 346 g/mol. The van der Waals surface area contributed by atoms with Gasteiger partial charge in [-0.15, -0.1) is 6.58 Å². The summed E-state index contributed by atoms with van der Waals surface area (Å²) in [5.74, 6) is 1.58. The van der Waals surface area contributed by atoms with Gasteiger partial charge in [0, 0.05) is 12.6 Å². The number of rotatable bonds is 7. The van der Waals surface area contributed by atoms with E-state index >= 15 is 0 Å². The van der Waals surface area contributed by atoms with Gasteiger partial charge >= 0.3 is 0 Å². The highest BCUT2D eigenvalue weighted by molar-refractivity contribution is 5.93.